The first kappa shape index (κ1) is 32.2. The smallest absolute Gasteiger partial charge is 0.264 e. The number of sulfonamides is 1. The van der Waals surface area contributed by atoms with Crippen LogP contribution < -0.4 is 14.4 Å². The molecular formula is C30H35Cl2N3O5S. The van der Waals surface area contributed by atoms with Gasteiger partial charge in [0.25, 0.3) is 10.0 Å². The number of anilines is 1. The predicted octanol–water partition coefficient (Wildman–Crippen LogP) is 5.84. The van der Waals surface area contributed by atoms with Gasteiger partial charge >= 0.3 is 0 Å². The summed E-state index contributed by atoms with van der Waals surface area (Å²) >= 11 is 12.5. The van der Waals surface area contributed by atoms with E-state index in [2.05, 4.69) is 5.32 Å². The molecule has 3 rings (SSSR count). The third-order valence-electron chi connectivity index (χ3n) is 6.77. The summed E-state index contributed by atoms with van der Waals surface area (Å²) in [5.41, 5.74) is 1.80. The minimum atomic E-state index is -4.19. The Morgan fingerprint density at radius 3 is 2.17 bits per heavy atom. The summed E-state index contributed by atoms with van der Waals surface area (Å²) in [5.74, 6) is -0.452. The summed E-state index contributed by atoms with van der Waals surface area (Å²) < 4.78 is 34.0. The molecule has 2 atom stereocenters. The minimum Gasteiger partial charge on any atom is -0.497 e. The second-order valence-electron chi connectivity index (χ2n) is 9.77. The summed E-state index contributed by atoms with van der Waals surface area (Å²) in [6, 6.07) is 16.6. The molecule has 11 heteroatoms. The third-order valence-corrected chi connectivity index (χ3v) is 9.15. The number of benzene rings is 3. The van der Waals surface area contributed by atoms with E-state index in [9.17, 15) is 18.0 Å². The molecule has 8 nitrogen and oxygen atoms in total. The van der Waals surface area contributed by atoms with Crippen LogP contribution in [0.1, 0.15) is 38.3 Å². The van der Waals surface area contributed by atoms with Crippen LogP contribution in [0.25, 0.3) is 0 Å². The maximum absolute atomic E-state index is 14.0. The van der Waals surface area contributed by atoms with Gasteiger partial charge in [-0.05, 0) is 81.3 Å². The van der Waals surface area contributed by atoms with E-state index in [1.807, 2.05) is 20.8 Å². The van der Waals surface area contributed by atoms with E-state index in [0.29, 0.717) is 33.5 Å². The molecule has 0 unspecified atom stereocenters. The molecule has 0 heterocycles. The van der Waals surface area contributed by atoms with Crippen molar-refractivity contribution in [3.8, 4) is 5.75 Å². The maximum Gasteiger partial charge on any atom is 0.264 e. The van der Waals surface area contributed by atoms with Gasteiger partial charge in [-0.3, -0.25) is 13.9 Å². The second-order valence-corrected chi connectivity index (χ2v) is 12.5. The van der Waals surface area contributed by atoms with E-state index >= 15 is 0 Å². The molecule has 3 aromatic rings. The van der Waals surface area contributed by atoms with E-state index in [0.717, 1.165) is 9.87 Å². The SMILES string of the molecule is CC[C@H](C)NC(=O)[C@@H](C)N(Cc1ccc(Cl)cc1Cl)C(=O)CN(c1ccc(C)cc1)S(=O)(=O)c1ccc(OC)cc1. The number of rotatable bonds is 12. The van der Waals surface area contributed by atoms with Crippen LogP contribution in [-0.2, 0) is 26.2 Å². The molecule has 3 aromatic carbocycles. The standard InChI is InChI=1S/C30H35Cl2N3O5S/c1-6-21(3)33-30(37)22(4)34(18-23-9-10-24(31)17-28(23)32)29(36)19-35(25-11-7-20(2)8-12-25)41(38,39)27-15-13-26(40-5)14-16-27/h7-17,21-22H,6,18-19H2,1-5H3,(H,33,37)/t21-,22+/m0/s1. The Kier molecular flexibility index (Phi) is 11.1. The number of ether oxygens (including phenoxy) is 1. The summed E-state index contributed by atoms with van der Waals surface area (Å²) in [6.07, 6.45) is 0.705. The number of amides is 2. The van der Waals surface area contributed by atoms with Crippen molar-refractivity contribution < 1.29 is 22.7 Å². The quantitative estimate of drug-likeness (QED) is 0.275. The number of nitrogens with one attached hydrogen (secondary N) is 1. The normalized spacial score (nSPS) is 12.8. The van der Waals surface area contributed by atoms with Crippen molar-refractivity contribution in [2.24, 2.45) is 0 Å². The molecule has 0 radical (unpaired) electrons. The Hall–Kier alpha value is -3.27. The van der Waals surface area contributed by atoms with Gasteiger partial charge in [-0.15, -0.1) is 0 Å². The molecule has 0 aliphatic carbocycles. The fraction of sp³-hybridized carbons (Fsp3) is 0.333. The molecule has 0 aliphatic heterocycles. The zero-order valence-corrected chi connectivity index (χ0v) is 26.1. The van der Waals surface area contributed by atoms with Crippen LogP contribution in [0.5, 0.6) is 5.75 Å². The maximum atomic E-state index is 14.0. The number of aryl methyl sites for hydroxylation is 1. The van der Waals surface area contributed by atoms with Gasteiger partial charge in [-0.2, -0.15) is 0 Å². The number of hydrogen-bond donors (Lipinski definition) is 1. The van der Waals surface area contributed by atoms with Crippen molar-refractivity contribution in [3.63, 3.8) is 0 Å². The largest absolute Gasteiger partial charge is 0.497 e. The molecule has 0 aromatic heterocycles. The number of nitrogens with zero attached hydrogens (tertiary/aromatic N) is 2. The van der Waals surface area contributed by atoms with Gasteiger partial charge in [0.15, 0.2) is 0 Å². The highest BCUT2D eigenvalue weighted by Gasteiger charge is 2.33. The molecule has 2 amide bonds. The molecule has 41 heavy (non-hydrogen) atoms. The number of hydrogen-bond acceptors (Lipinski definition) is 5. The molecule has 0 saturated heterocycles. The summed E-state index contributed by atoms with van der Waals surface area (Å²) in [5, 5.41) is 3.65. The van der Waals surface area contributed by atoms with Gasteiger partial charge in [-0.1, -0.05) is 53.9 Å². The van der Waals surface area contributed by atoms with Crippen LogP contribution in [0.4, 0.5) is 5.69 Å². The molecule has 0 saturated carbocycles. The van der Waals surface area contributed by atoms with Crippen molar-refractivity contribution in [1.29, 1.82) is 0 Å². The number of carbonyl (C=O) groups excluding carboxylic acids is 2. The van der Waals surface area contributed by atoms with Gasteiger partial charge in [0.1, 0.15) is 18.3 Å². The highest BCUT2D eigenvalue weighted by Crippen LogP contribution is 2.27. The minimum absolute atomic E-state index is 0.0125. The van der Waals surface area contributed by atoms with Crippen molar-refractivity contribution in [3.05, 3.63) is 87.9 Å². The lowest BCUT2D eigenvalue weighted by molar-refractivity contribution is -0.139. The lowest BCUT2D eigenvalue weighted by Gasteiger charge is -2.32. The first-order chi connectivity index (χ1) is 19.4. The van der Waals surface area contributed by atoms with Crippen molar-refractivity contribution >= 4 is 50.7 Å². The Morgan fingerprint density at radius 1 is 0.976 bits per heavy atom. The van der Waals surface area contributed by atoms with Crippen LogP contribution in [0, 0.1) is 6.92 Å². The monoisotopic (exact) mass is 619 g/mol. The van der Waals surface area contributed by atoms with Gasteiger partial charge in [0.05, 0.1) is 17.7 Å². The highest BCUT2D eigenvalue weighted by molar-refractivity contribution is 7.92. The van der Waals surface area contributed by atoms with Crippen LogP contribution in [0.15, 0.2) is 71.6 Å². The molecule has 0 bridgehead atoms. The molecule has 0 fully saturated rings. The number of carbonyl (C=O) groups is 2. The average Bonchev–Trinajstić information content (AvgIpc) is 2.95. The topological polar surface area (TPSA) is 96.0 Å². The first-order valence-corrected chi connectivity index (χ1v) is 15.3. The van der Waals surface area contributed by atoms with E-state index in [1.165, 1.54) is 36.3 Å². The Balaban J connectivity index is 2.04. The molecule has 220 valence electrons. The van der Waals surface area contributed by atoms with E-state index in [1.54, 1.807) is 49.4 Å². The fourth-order valence-corrected chi connectivity index (χ4v) is 5.88. The third kappa shape index (κ3) is 8.15. The number of methoxy groups -OCH3 is 1. The Labute approximate surface area is 252 Å². The van der Waals surface area contributed by atoms with Crippen molar-refractivity contribution in [2.45, 2.75) is 57.6 Å². The van der Waals surface area contributed by atoms with Crippen molar-refractivity contribution in [2.75, 3.05) is 18.0 Å². The van der Waals surface area contributed by atoms with E-state index < -0.39 is 28.5 Å². The van der Waals surface area contributed by atoms with Crippen LogP contribution >= 0.6 is 23.2 Å². The van der Waals surface area contributed by atoms with Crippen LogP contribution in [0.3, 0.4) is 0 Å². The fourth-order valence-electron chi connectivity index (χ4n) is 4.00. The lowest BCUT2D eigenvalue weighted by Crippen LogP contribution is -2.52. The van der Waals surface area contributed by atoms with Crippen molar-refractivity contribution in [1.82, 2.24) is 10.2 Å². The summed E-state index contributed by atoms with van der Waals surface area (Å²) in [6.45, 7) is 6.71. The van der Waals surface area contributed by atoms with Gasteiger partial charge in [0, 0.05) is 22.6 Å². The number of halogens is 2. The second kappa shape index (κ2) is 14.1. The molecule has 0 aliphatic rings. The predicted molar refractivity (Wildman–Crippen MR) is 163 cm³/mol. The summed E-state index contributed by atoms with van der Waals surface area (Å²) in [7, 11) is -2.70. The van der Waals surface area contributed by atoms with Gasteiger partial charge < -0.3 is 15.0 Å². The Bertz CT molecular complexity index is 1460. The van der Waals surface area contributed by atoms with Crippen LogP contribution in [0.2, 0.25) is 10.0 Å². The summed E-state index contributed by atoms with van der Waals surface area (Å²) in [4.78, 5) is 28.5. The molecular weight excluding hydrogens is 585 g/mol. The zero-order valence-electron chi connectivity index (χ0n) is 23.7. The van der Waals surface area contributed by atoms with Crippen LogP contribution in [-0.4, -0.2) is 50.9 Å². The van der Waals surface area contributed by atoms with E-state index in [4.69, 9.17) is 27.9 Å². The highest BCUT2D eigenvalue weighted by atomic mass is 35.5. The average molecular weight is 621 g/mol. The lowest BCUT2D eigenvalue weighted by atomic mass is 10.1. The molecule has 0 spiro atoms. The van der Waals surface area contributed by atoms with E-state index in [-0.39, 0.29) is 23.4 Å². The van der Waals surface area contributed by atoms with Gasteiger partial charge in [0.2, 0.25) is 11.8 Å². The Morgan fingerprint density at radius 2 is 1.61 bits per heavy atom. The first-order valence-electron chi connectivity index (χ1n) is 13.1. The molecule has 1 N–H and O–H groups in total. The zero-order chi connectivity index (χ0) is 30.3. The van der Waals surface area contributed by atoms with Gasteiger partial charge in [-0.25, -0.2) is 8.42 Å².